The van der Waals surface area contributed by atoms with E-state index in [1.807, 2.05) is 61.7 Å². The number of hydrogen-bond acceptors (Lipinski definition) is 6. The van der Waals surface area contributed by atoms with Crippen LogP contribution in [0.4, 0.5) is 10.5 Å². The number of allylic oxidation sites excluding steroid dienone is 2. The molecule has 49 heavy (non-hydrogen) atoms. The minimum atomic E-state index is -2.52. The second kappa shape index (κ2) is 14.9. The summed E-state index contributed by atoms with van der Waals surface area (Å²) in [6.45, 7) is 26.3. The van der Waals surface area contributed by atoms with Gasteiger partial charge in [0.25, 0.3) is 14.2 Å². The Morgan fingerprint density at radius 3 is 2.12 bits per heavy atom. The van der Waals surface area contributed by atoms with Crippen molar-refractivity contribution in [2.24, 2.45) is 0 Å². The van der Waals surface area contributed by atoms with E-state index in [-0.39, 0.29) is 17.6 Å². The predicted molar refractivity (Wildman–Crippen MR) is 203 cm³/mol. The Kier molecular flexibility index (Phi) is 11.7. The molecule has 10 heteroatoms. The van der Waals surface area contributed by atoms with Gasteiger partial charge in [-0.1, -0.05) is 105 Å². The molecule has 8 nitrogen and oxygen atoms in total. The molecule has 0 aromatic heterocycles. The van der Waals surface area contributed by atoms with Crippen LogP contribution >= 0.6 is 0 Å². The van der Waals surface area contributed by atoms with E-state index >= 15 is 0 Å². The topological polar surface area (TPSA) is 77.5 Å². The molecule has 0 saturated carbocycles. The standard InChI is InChI=1S/C39H58N2O6Si2/c1-14-18-30-21-33-37(47-48(12,13)39(8,9)10)41(38(43)45-25-29-19-16-15-17-20-29)32-23-35(46-49(26(2)3,27(4)5)28(6)7)34(44-11)22-31(32)36(42)40(33)24-30/h14-20,22-24,26-28,33,37H,21,25H2,1-13H3/b18-14+. The van der Waals surface area contributed by atoms with Gasteiger partial charge in [-0.3, -0.25) is 4.79 Å². The van der Waals surface area contributed by atoms with Crippen LogP contribution in [0.3, 0.4) is 0 Å². The summed E-state index contributed by atoms with van der Waals surface area (Å²) in [7, 11) is -3.40. The molecule has 0 aliphatic carbocycles. The minimum Gasteiger partial charge on any atom is -0.540 e. The maximum absolute atomic E-state index is 14.7. The molecule has 2 aliphatic heterocycles. The third kappa shape index (κ3) is 7.56. The van der Waals surface area contributed by atoms with Crippen LogP contribution in [0.15, 0.2) is 66.4 Å². The van der Waals surface area contributed by atoms with Crippen LogP contribution in [0, 0.1) is 0 Å². The van der Waals surface area contributed by atoms with Crippen molar-refractivity contribution in [1.29, 1.82) is 0 Å². The second-order valence-corrected chi connectivity index (χ2v) is 25.9. The van der Waals surface area contributed by atoms with Crippen LogP contribution in [0.2, 0.25) is 34.8 Å². The van der Waals surface area contributed by atoms with E-state index in [2.05, 4.69) is 75.4 Å². The number of rotatable bonds is 11. The third-order valence-corrected chi connectivity index (χ3v) is 21.1. The van der Waals surface area contributed by atoms with E-state index in [1.165, 1.54) is 0 Å². The molecule has 2 atom stereocenters. The summed E-state index contributed by atoms with van der Waals surface area (Å²) in [6.07, 6.45) is 4.98. The lowest BCUT2D eigenvalue weighted by Crippen LogP contribution is -2.57. The van der Waals surface area contributed by atoms with E-state index in [0.717, 1.165) is 11.1 Å². The summed E-state index contributed by atoms with van der Waals surface area (Å²) >= 11 is 0. The van der Waals surface area contributed by atoms with Crippen molar-refractivity contribution in [3.8, 4) is 11.5 Å². The summed E-state index contributed by atoms with van der Waals surface area (Å²) < 4.78 is 26.4. The highest BCUT2D eigenvalue weighted by Gasteiger charge is 2.52. The Labute approximate surface area is 296 Å². The lowest BCUT2D eigenvalue weighted by Gasteiger charge is -2.44. The third-order valence-electron chi connectivity index (χ3n) is 10.7. The smallest absolute Gasteiger partial charge is 0.416 e. The normalized spacial score (nSPS) is 18.6. The van der Waals surface area contributed by atoms with E-state index in [4.69, 9.17) is 18.3 Å². The summed E-state index contributed by atoms with van der Waals surface area (Å²) in [5.74, 6) is 0.753. The van der Waals surface area contributed by atoms with Crippen LogP contribution in [0.25, 0.3) is 0 Å². The van der Waals surface area contributed by atoms with Crippen molar-refractivity contribution in [2.75, 3.05) is 12.0 Å². The van der Waals surface area contributed by atoms with Gasteiger partial charge in [-0.15, -0.1) is 0 Å². The van der Waals surface area contributed by atoms with Gasteiger partial charge in [0.05, 0.1) is 24.4 Å². The Balaban J connectivity index is 2.00. The SMILES string of the molecule is C/C=C/C1=CN2C(=O)c3cc(OC)c(O[Si](C(C)C)(C(C)C)C(C)C)cc3N(C(=O)OCc3ccccc3)C(O[Si](C)(C)C(C)(C)C)C2C1. The monoisotopic (exact) mass is 706 g/mol. The first-order chi connectivity index (χ1) is 22.9. The molecule has 0 spiro atoms. The maximum atomic E-state index is 14.7. The van der Waals surface area contributed by atoms with Gasteiger partial charge in [-0.2, -0.15) is 0 Å². The average Bonchev–Trinajstić information content (AvgIpc) is 3.42. The summed E-state index contributed by atoms with van der Waals surface area (Å²) in [6, 6.07) is 12.7. The zero-order valence-electron chi connectivity index (χ0n) is 31.9. The van der Waals surface area contributed by atoms with Gasteiger partial charge in [0.1, 0.15) is 12.4 Å². The summed E-state index contributed by atoms with van der Waals surface area (Å²) in [5.41, 5.74) is 3.45. The fraction of sp³-hybridized carbons (Fsp3) is 0.538. The first kappa shape index (κ1) is 38.5. The van der Waals surface area contributed by atoms with Gasteiger partial charge in [0, 0.05) is 12.3 Å². The Morgan fingerprint density at radius 1 is 0.980 bits per heavy atom. The van der Waals surface area contributed by atoms with Crippen molar-refractivity contribution in [3.63, 3.8) is 0 Å². The number of ether oxygens (including phenoxy) is 2. The molecule has 0 fully saturated rings. The number of methoxy groups -OCH3 is 1. The molecule has 4 rings (SSSR count). The molecule has 2 heterocycles. The average molecular weight is 707 g/mol. The number of hydrogen-bond donors (Lipinski definition) is 0. The highest BCUT2D eigenvalue weighted by molar-refractivity contribution is 6.78. The predicted octanol–water partition coefficient (Wildman–Crippen LogP) is 10.4. The van der Waals surface area contributed by atoms with Crippen molar-refractivity contribution in [2.45, 2.75) is 129 Å². The highest BCUT2D eigenvalue weighted by Crippen LogP contribution is 2.49. The molecule has 2 aromatic rings. The zero-order valence-corrected chi connectivity index (χ0v) is 33.9. The van der Waals surface area contributed by atoms with Gasteiger partial charge in [-0.25, -0.2) is 9.69 Å². The Morgan fingerprint density at radius 2 is 1.59 bits per heavy atom. The van der Waals surface area contributed by atoms with Crippen LogP contribution in [-0.2, 0) is 15.8 Å². The van der Waals surface area contributed by atoms with E-state index in [1.54, 1.807) is 23.0 Å². The number of amides is 2. The number of anilines is 1. The van der Waals surface area contributed by atoms with Crippen LogP contribution < -0.4 is 14.1 Å². The molecule has 268 valence electrons. The summed E-state index contributed by atoms with van der Waals surface area (Å²) in [5, 5.41) is -0.167. The number of carbonyl (C=O) groups is 2. The summed E-state index contributed by atoms with van der Waals surface area (Å²) in [4.78, 5) is 32.6. The molecule has 0 N–H and O–H groups in total. The molecule has 2 aromatic carbocycles. The number of fused-ring (bicyclic) bond motifs is 2. The minimum absolute atomic E-state index is 0.0757. The Bertz CT molecular complexity index is 1540. The number of benzene rings is 2. The largest absolute Gasteiger partial charge is 0.540 e. The number of carbonyl (C=O) groups excluding carboxylic acids is 2. The lowest BCUT2D eigenvalue weighted by atomic mass is 10.1. The Hall–Kier alpha value is -3.35. The van der Waals surface area contributed by atoms with Gasteiger partial charge in [-0.05, 0) is 65.3 Å². The number of nitrogens with zero attached hydrogens (tertiary/aromatic N) is 2. The second-order valence-electron chi connectivity index (χ2n) is 15.8. The zero-order chi connectivity index (χ0) is 36.5. The lowest BCUT2D eigenvalue weighted by molar-refractivity contribution is 0.0578. The maximum Gasteiger partial charge on any atom is 0.416 e. The molecule has 0 saturated heterocycles. The van der Waals surface area contributed by atoms with Gasteiger partial charge < -0.3 is 23.2 Å². The van der Waals surface area contributed by atoms with Crippen molar-refractivity contribution in [3.05, 3.63) is 77.5 Å². The molecular weight excluding hydrogens is 649 g/mol. The van der Waals surface area contributed by atoms with Crippen molar-refractivity contribution in [1.82, 2.24) is 4.90 Å². The first-order valence-electron chi connectivity index (χ1n) is 17.6. The highest BCUT2D eigenvalue weighted by atomic mass is 28.4. The van der Waals surface area contributed by atoms with E-state index in [0.29, 0.717) is 45.8 Å². The van der Waals surface area contributed by atoms with Crippen molar-refractivity contribution < 1.29 is 27.9 Å². The van der Waals surface area contributed by atoms with Gasteiger partial charge in [0.15, 0.2) is 20.3 Å². The van der Waals surface area contributed by atoms with E-state index in [9.17, 15) is 9.59 Å². The molecule has 0 radical (unpaired) electrons. The molecule has 0 bridgehead atoms. The van der Waals surface area contributed by atoms with E-state index < -0.39 is 35.0 Å². The quantitative estimate of drug-likeness (QED) is 0.217. The fourth-order valence-corrected chi connectivity index (χ4v) is 13.7. The van der Waals surface area contributed by atoms with Crippen LogP contribution in [0.5, 0.6) is 11.5 Å². The molecule has 2 unspecified atom stereocenters. The fourth-order valence-electron chi connectivity index (χ4n) is 7.19. The molecular formula is C39H58N2O6Si2. The molecule has 2 aliphatic rings. The molecule has 2 amide bonds. The van der Waals surface area contributed by atoms with Crippen molar-refractivity contribution >= 4 is 34.3 Å². The van der Waals surface area contributed by atoms with Gasteiger partial charge >= 0.3 is 6.09 Å². The van der Waals surface area contributed by atoms with Gasteiger partial charge in [0.2, 0.25) is 0 Å². The van der Waals surface area contributed by atoms with Crippen LogP contribution in [-0.4, -0.2) is 52.9 Å². The van der Waals surface area contributed by atoms with Crippen LogP contribution in [0.1, 0.15) is 91.6 Å². The first-order valence-corrected chi connectivity index (χ1v) is 22.7.